The van der Waals surface area contributed by atoms with E-state index >= 15 is 0 Å². The lowest BCUT2D eigenvalue weighted by Gasteiger charge is -2.12. The third-order valence-corrected chi connectivity index (χ3v) is 4.50. The highest BCUT2D eigenvalue weighted by Gasteiger charge is 2.14. The molecule has 0 spiro atoms. The maximum atomic E-state index is 4.70. The maximum absolute atomic E-state index is 4.70. The highest BCUT2D eigenvalue weighted by Crippen LogP contribution is 2.31. The summed E-state index contributed by atoms with van der Waals surface area (Å²) in [4.78, 5) is 9.30. The number of anilines is 1. The zero-order chi connectivity index (χ0) is 14.7. The van der Waals surface area contributed by atoms with Crippen molar-refractivity contribution < 1.29 is 0 Å². The predicted molar refractivity (Wildman–Crippen MR) is 91.1 cm³/mol. The summed E-state index contributed by atoms with van der Waals surface area (Å²) in [6, 6.07) is 6.21. The van der Waals surface area contributed by atoms with E-state index in [4.69, 9.17) is 4.98 Å². The molecule has 1 aromatic heterocycles. The normalized spacial score (nSPS) is 10.7. The summed E-state index contributed by atoms with van der Waals surface area (Å²) in [5.41, 5.74) is 3.26. The molecule has 1 aromatic carbocycles. The van der Waals surface area contributed by atoms with E-state index in [2.05, 4.69) is 74.2 Å². The quantitative estimate of drug-likeness (QED) is 0.789. The van der Waals surface area contributed by atoms with E-state index in [0.29, 0.717) is 0 Å². The molecular formula is C15H17Br2N3. The lowest BCUT2D eigenvalue weighted by Crippen LogP contribution is -2.03. The van der Waals surface area contributed by atoms with E-state index in [1.807, 2.05) is 7.05 Å². The van der Waals surface area contributed by atoms with Crippen molar-refractivity contribution >= 4 is 37.7 Å². The van der Waals surface area contributed by atoms with Crippen molar-refractivity contribution in [3.05, 3.63) is 38.4 Å². The van der Waals surface area contributed by atoms with Gasteiger partial charge in [-0.25, -0.2) is 9.97 Å². The van der Waals surface area contributed by atoms with E-state index in [9.17, 15) is 0 Å². The molecule has 106 valence electrons. The van der Waals surface area contributed by atoms with Crippen LogP contribution >= 0.6 is 31.9 Å². The van der Waals surface area contributed by atoms with Crippen LogP contribution in [-0.2, 0) is 6.42 Å². The zero-order valence-electron chi connectivity index (χ0n) is 11.8. The highest BCUT2D eigenvalue weighted by atomic mass is 79.9. The fraction of sp³-hybridized carbons (Fsp3) is 0.333. The minimum Gasteiger partial charge on any atom is -0.372 e. The van der Waals surface area contributed by atoms with Crippen molar-refractivity contribution in [2.45, 2.75) is 26.7 Å². The monoisotopic (exact) mass is 397 g/mol. The second kappa shape index (κ2) is 6.68. The Bertz CT molecular complexity index is 627. The van der Waals surface area contributed by atoms with Crippen molar-refractivity contribution in [3.8, 4) is 11.4 Å². The topological polar surface area (TPSA) is 37.8 Å². The first kappa shape index (κ1) is 15.4. The Kier molecular flexibility index (Phi) is 5.16. The molecule has 0 bridgehead atoms. The van der Waals surface area contributed by atoms with Crippen LogP contribution < -0.4 is 5.32 Å². The maximum Gasteiger partial charge on any atom is 0.162 e. The molecule has 0 saturated heterocycles. The largest absolute Gasteiger partial charge is 0.372 e. The number of rotatable bonds is 4. The number of benzene rings is 1. The molecule has 0 fully saturated rings. The van der Waals surface area contributed by atoms with Gasteiger partial charge in [-0.1, -0.05) is 35.3 Å². The lowest BCUT2D eigenvalue weighted by molar-refractivity contribution is 0.868. The molecule has 2 aromatic rings. The molecule has 3 nitrogen and oxygen atoms in total. The minimum absolute atomic E-state index is 0.743. The molecular weight excluding hydrogens is 382 g/mol. The number of nitrogens with zero attached hydrogens (tertiary/aromatic N) is 2. The van der Waals surface area contributed by atoms with Crippen LogP contribution in [0.5, 0.6) is 0 Å². The Balaban J connectivity index is 2.58. The van der Waals surface area contributed by atoms with Crippen LogP contribution in [0.1, 0.15) is 24.6 Å². The molecule has 1 N–H and O–H groups in total. The molecule has 0 radical (unpaired) electrons. The Morgan fingerprint density at radius 3 is 2.55 bits per heavy atom. The van der Waals surface area contributed by atoms with Gasteiger partial charge in [-0.3, -0.25) is 0 Å². The van der Waals surface area contributed by atoms with Gasteiger partial charge in [-0.05, 0) is 47.0 Å². The number of aryl methyl sites for hydroxylation is 2. The van der Waals surface area contributed by atoms with Crippen LogP contribution in [0.2, 0.25) is 0 Å². The molecule has 1 heterocycles. The molecule has 5 heteroatoms. The Morgan fingerprint density at radius 2 is 1.95 bits per heavy atom. The van der Waals surface area contributed by atoms with Crippen LogP contribution in [0.4, 0.5) is 5.82 Å². The second-order valence-electron chi connectivity index (χ2n) is 4.64. The number of hydrogen-bond acceptors (Lipinski definition) is 3. The molecule has 0 unspecified atom stereocenters. The number of nitrogens with one attached hydrogen (secondary N) is 1. The van der Waals surface area contributed by atoms with Gasteiger partial charge in [0, 0.05) is 17.1 Å². The first-order chi connectivity index (χ1) is 9.56. The third kappa shape index (κ3) is 3.20. The van der Waals surface area contributed by atoms with Gasteiger partial charge < -0.3 is 5.32 Å². The van der Waals surface area contributed by atoms with Gasteiger partial charge in [0.1, 0.15) is 5.82 Å². The summed E-state index contributed by atoms with van der Waals surface area (Å²) < 4.78 is 1.97. The summed E-state index contributed by atoms with van der Waals surface area (Å²) in [5.74, 6) is 1.57. The number of hydrogen-bond donors (Lipinski definition) is 1. The molecule has 20 heavy (non-hydrogen) atoms. The molecule has 0 saturated carbocycles. The van der Waals surface area contributed by atoms with Crippen molar-refractivity contribution in [2.24, 2.45) is 0 Å². The molecule has 0 aliphatic carbocycles. The van der Waals surface area contributed by atoms with Crippen molar-refractivity contribution in [1.82, 2.24) is 9.97 Å². The molecule has 0 aliphatic heterocycles. The zero-order valence-corrected chi connectivity index (χ0v) is 15.0. The van der Waals surface area contributed by atoms with Crippen LogP contribution in [-0.4, -0.2) is 17.0 Å². The molecule has 2 rings (SSSR count). The van der Waals surface area contributed by atoms with Gasteiger partial charge in [0.05, 0.1) is 10.2 Å². The van der Waals surface area contributed by atoms with E-state index in [1.165, 1.54) is 5.56 Å². The van der Waals surface area contributed by atoms with Crippen LogP contribution in [0.15, 0.2) is 27.1 Å². The SMILES string of the molecule is CCCc1nc(-c2ccc(C)cc2Br)nc(NC)c1Br. The Hall–Kier alpha value is -0.940. The standard InChI is InChI=1S/C15H17Br2N3/c1-4-5-12-13(17)15(18-3)20-14(19-12)10-7-6-9(2)8-11(10)16/h6-8H,4-5H2,1-3H3,(H,18,19,20). The summed E-state index contributed by atoms with van der Waals surface area (Å²) in [6.07, 6.45) is 1.97. The van der Waals surface area contributed by atoms with E-state index < -0.39 is 0 Å². The highest BCUT2D eigenvalue weighted by molar-refractivity contribution is 9.11. The summed E-state index contributed by atoms with van der Waals surface area (Å²) in [5, 5.41) is 3.12. The fourth-order valence-electron chi connectivity index (χ4n) is 1.98. The molecule has 0 amide bonds. The first-order valence-corrected chi connectivity index (χ1v) is 8.16. The summed E-state index contributed by atoms with van der Waals surface area (Å²) >= 11 is 7.18. The predicted octanol–water partition coefficient (Wildman–Crippen LogP) is 4.97. The fourth-order valence-corrected chi connectivity index (χ4v) is 3.23. The average Bonchev–Trinajstić information content (AvgIpc) is 2.41. The smallest absolute Gasteiger partial charge is 0.162 e. The van der Waals surface area contributed by atoms with Crippen LogP contribution in [0.3, 0.4) is 0 Å². The molecule has 0 aliphatic rings. The van der Waals surface area contributed by atoms with E-state index in [0.717, 1.165) is 44.7 Å². The Labute approximate surface area is 136 Å². The van der Waals surface area contributed by atoms with Gasteiger partial charge in [0.2, 0.25) is 0 Å². The average molecular weight is 399 g/mol. The van der Waals surface area contributed by atoms with E-state index in [1.54, 1.807) is 0 Å². The first-order valence-electron chi connectivity index (χ1n) is 6.57. The summed E-state index contributed by atoms with van der Waals surface area (Å²) in [6.45, 7) is 4.22. The van der Waals surface area contributed by atoms with Gasteiger partial charge in [0.25, 0.3) is 0 Å². The van der Waals surface area contributed by atoms with Gasteiger partial charge in [-0.15, -0.1) is 0 Å². The third-order valence-electron chi connectivity index (χ3n) is 3.01. The van der Waals surface area contributed by atoms with E-state index in [-0.39, 0.29) is 0 Å². The number of halogens is 2. The van der Waals surface area contributed by atoms with Crippen molar-refractivity contribution in [1.29, 1.82) is 0 Å². The van der Waals surface area contributed by atoms with Gasteiger partial charge >= 0.3 is 0 Å². The Morgan fingerprint density at radius 1 is 1.20 bits per heavy atom. The molecule has 0 atom stereocenters. The van der Waals surface area contributed by atoms with Crippen molar-refractivity contribution in [2.75, 3.05) is 12.4 Å². The van der Waals surface area contributed by atoms with Crippen LogP contribution in [0.25, 0.3) is 11.4 Å². The summed E-state index contributed by atoms with van der Waals surface area (Å²) in [7, 11) is 1.87. The van der Waals surface area contributed by atoms with Crippen molar-refractivity contribution in [3.63, 3.8) is 0 Å². The van der Waals surface area contributed by atoms with Gasteiger partial charge in [-0.2, -0.15) is 0 Å². The number of aromatic nitrogens is 2. The van der Waals surface area contributed by atoms with Gasteiger partial charge in [0.15, 0.2) is 5.82 Å². The van der Waals surface area contributed by atoms with Crippen LogP contribution in [0, 0.1) is 6.92 Å². The lowest BCUT2D eigenvalue weighted by atomic mass is 10.1. The second-order valence-corrected chi connectivity index (χ2v) is 6.29. The minimum atomic E-state index is 0.743.